The Morgan fingerprint density at radius 2 is 1.86 bits per heavy atom. The first-order chi connectivity index (χ1) is 13.6. The topological polar surface area (TPSA) is 91.8 Å². The van der Waals surface area contributed by atoms with Crippen LogP contribution in [0.3, 0.4) is 0 Å². The zero-order valence-electron chi connectivity index (χ0n) is 14.8. The first kappa shape index (κ1) is 17.5. The Hall–Kier alpha value is -3.87. The molecule has 7 heteroatoms. The van der Waals surface area contributed by atoms with E-state index in [-0.39, 0.29) is 11.6 Å². The number of fused-ring (bicyclic) bond motifs is 1. The van der Waals surface area contributed by atoms with Crippen LogP contribution in [0.5, 0.6) is 5.75 Å². The third kappa shape index (κ3) is 3.50. The predicted molar refractivity (Wildman–Crippen MR) is 105 cm³/mol. The molecule has 1 aliphatic heterocycles. The zero-order chi connectivity index (χ0) is 19.5. The van der Waals surface area contributed by atoms with Crippen molar-refractivity contribution in [2.45, 2.75) is 0 Å². The minimum absolute atomic E-state index is 0.173. The molecule has 0 fully saturated rings. The van der Waals surface area contributed by atoms with Crippen LogP contribution in [0.4, 0.5) is 16.3 Å². The van der Waals surface area contributed by atoms with Crippen molar-refractivity contribution in [3.63, 3.8) is 0 Å². The average molecular weight is 375 g/mol. The summed E-state index contributed by atoms with van der Waals surface area (Å²) in [5.74, 6) is -0.0995. The molecule has 2 heterocycles. The second kappa shape index (κ2) is 7.40. The first-order valence-corrected chi connectivity index (χ1v) is 8.73. The molecule has 0 aliphatic carbocycles. The van der Waals surface area contributed by atoms with Gasteiger partial charge in [-0.2, -0.15) is 0 Å². The van der Waals surface area contributed by atoms with Gasteiger partial charge >= 0.3 is 12.0 Å². The smallest absolute Gasteiger partial charge is 0.335 e. The zero-order valence-corrected chi connectivity index (χ0v) is 14.8. The van der Waals surface area contributed by atoms with Crippen LogP contribution >= 0.6 is 0 Å². The molecule has 0 atom stereocenters. The minimum atomic E-state index is -1.01. The van der Waals surface area contributed by atoms with E-state index < -0.39 is 5.97 Å². The molecule has 140 valence electrons. The van der Waals surface area contributed by atoms with Gasteiger partial charge in [-0.15, -0.1) is 0 Å². The van der Waals surface area contributed by atoms with Crippen molar-refractivity contribution >= 4 is 23.5 Å². The van der Waals surface area contributed by atoms with Crippen molar-refractivity contribution in [1.82, 2.24) is 4.98 Å². The summed E-state index contributed by atoms with van der Waals surface area (Å²) in [6.07, 6.45) is 0. The van der Waals surface area contributed by atoms with E-state index in [1.807, 2.05) is 18.2 Å². The van der Waals surface area contributed by atoms with E-state index in [2.05, 4.69) is 10.3 Å². The number of carbonyl (C=O) groups is 2. The van der Waals surface area contributed by atoms with Gasteiger partial charge in [-0.1, -0.05) is 30.3 Å². The molecule has 2 amide bonds. The molecule has 0 spiro atoms. The van der Waals surface area contributed by atoms with Crippen molar-refractivity contribution in [1.29, 1.82) is 0 Å². The van der Waals surface area contributed by atoms with Crippen molar-refractivity contribution in [2.75, 3.05) is 23.4 Å². The fourth-order valence-corrected chi connectivity index (χ4v) is 2.98. The van der Waals surface area contributed by atoms with Gasteiger partial charge in [0.15, 0.2) is 11.6 Å². The molecule has 0 radical (unpaired) electrons. The summed E-state index contributed by atoms with van der Waals surface area (Å²) >= 11 is 0. The molecule has 0 unspecified atom stereocenters. The summed E-state index contributed by atoms with van der Waals surface area (Å²) < 4.78 is 5.63. The van der Waals surface area contributed by atoms with Crippen LogP contribution in [0.2, 0.25) is 0 Å². The second-order valence-corrected chi connectivity index (χ2v) is 6.20. The monoisotopic (exact) mass is 375 g/mol. The van der Waals surface area contributed by atoms with Crippen molar-refractivity contribution in [2.24, 2.45) is 0 Å². The van der Waals surface area contributed by atoms with Crippen molar-refractivity contribution in [3.05, 3.63) is 72.3 Å². The van der Waals surface area contributed by atoms with E-state index in [4.69, 9.17) is 4.74 Å². The largest absolute Gasteiger partial charge is 0.488 e. The molecule has 3 aromatic rings. The number of hydrogen-bond donors (Lipinski definition) is 2. The number of hydrogen-bond acceptors (Lipinski definition) is 4. The number of nitrogens with zero attached hydrogens (tertiary/aromatic N) is 2. The molecule has 28 heavy (non-hydrogen) atoms. The van der Waals surface area contributed by atoms with Gasteiger partial charge in [0.25, 0.3) is 0 Å². The molecule has 1 aromatic heterocycles. The third-order valence-corrected chi connectivity index (χ3v) is 4.34. The van der Waals surface area contributed by atoms with Crippen molar-refractivity contribution in [3.8, 4) is 17.0 Å². The number of ether oxygens (including phenoxy) is 1. The van der Waals surface area contributed by atoms with Gasteiger partial charge in [-0.25, -0.2) is 14.6 Å². The average Bonchev–Trinajstić information content (AvgIpc) is 2.73. The maximum Gasteiger partial charge on any atom is 0.335 e. The maximum absolute atomic E-state index is 12.8. The molecule has 4 rings (SSSR count). The lowest BCUT2D eigenvalue weighted by atomic mass is 10.1. The number of carboxylic acids is 1. The Morgan fingerprint density at radius 3 is 2.64 bits per heavy atom. The van der Waals surface area contributed by atoms with Crippen LogP contribution in [0.1, 0.15) is 10.4 Å². The maximum atomic E-state index is 12.8. The van der Waals surface area contributed by atoms with E-state index in [1.54, 1.807) is 42.5 Å². The highest BCUT2D eigenvalue weighted by atomic mass is 16.5. The first-order valence-electron chi connectivity index (χ1n) is 8.73. The number of carboxylic acid groups (broad SMARTS) is 1. The molecule has 0 saturated carbocycles. The number of urea groups is 1. The summed E-state index contributed by atoms with van der Waals surface area (Å²) in [7, 11) is 0. The van der Waals surface area contributed by atoms with E-state index in [0.29, 0.717) is 41.7 Å². The molecule has 1 aliphatic rings. The van der Waals surface area contributed by atoms with Crippen LogP contribution < -0.4 is 15.0 Å². The highest BCUT2D eigenvalue weighted by Crippen LogP contribution is 2.33. The van der Waals surface area contributed by atoms with E-state index in [0.717, 1.165) is 0 Å². The fraction of sp³-hybridized carbons (Fsp3) is 0.0952. The standard InChI is InChI=1S/C21H17N3O4/c25-20(26)15-6-4-5-14(13-15)17-9-10-18-19(23-17)24(11-12-28-18)21(27)22-16-7-2-1-3-8-16/h1-10,13H,11-12H2,(H,22,27)(H,25,26). The van der Waals surface area contributed by atoms with Gasteiger partial charge in [0.2, 0.25) is 0 Å². The quantitative estimate of drug-likeness (QED) is 0.725. The van der Waals surface area contributed by atoms with Gasteiger partial charge in [0, 0.05) is 11.3 Å². The van der Waals surface area contributed by atoms with Crippen LogP contribution in [0, 0.1) is 0 Å². The molecular weight excluding hydrogens is 358 g/mol. The SMILES string of the molecule is O=C(O)c1cccc(-c2ccc3c(n2)N(C(=O)Nc2ccccc2)CCO3)c1. The Balaban J connectivity index is 1.66. The highest BCUT2D eigenvalue weighted by molar-refractivity contribution is 6.02. The Morgan fingerprint density at radius 1 is 1.04 bits per heavy atom. The summed E-state index contributed by atoms with van der Waals surface area (Å²) in [5.41, 5.74) is 2.07. The van der Waals surface area contributed by atoms with Gasteiger partial charge < -0.3 is 15.2 Å². The Bertz CT molecular complexity index is 1040. The number of carbonyl (C=O) groups excluding carboxylic acids is 1. The van der Waals surface area contributed by atoms with E-state index >= 15 is 0 Å². The lowest BCUT2D eigenvalue weighted by Crippen LogP contribution is -2.41. The molecule has 2 aromatic carbocycles. The van der Waals surface area contributed by atoms with Gasteiger partial charge in [-0.3, -0.25) is 4.90 Å². The number of para-hydroxylation sites is 1. The Labute approximate surface area is 161 Å². The summed E-state index contributed by atoms with van der Waals surface area (Å²) in [4.78, 5) is 30.1. The normalized spacial score (nSPS) is 12.6. The van der Waals surface area contributed by atoms with Crippen LogP contribution in [-0.2, 0) is 0 Å². The Kier molecular flexibility index (Phi) is 4.63. The number of benzene rings is 2. The lowest BCUT2D eigenvalue weighted by Gasteiger charge is -2.28. The minimum Gasteiger partial charge on any atom is -0.488 e. The molecule has 0 bridgehead atoms. The van der Waals surface area contributed by atoms with E-state index in [1.165, 1.54) is 11.0 Å². The fourth-order valence-electron chi connectivity index (χ4n) is 2.98. The number of nitrogens with one attached hydrogen (secondary N) is 1. The third-order valence-electron chi connectivity index (χ3n) is 4.34. The van der Waals surface area contributed by atoms with Gasteiger partial charge in [0.1, 0.15) is 6.61 Å². The number of anilines is 2. The lowest BCUT2D eigenvalue weighted by molar-refractivity contribution is 0.0697. The highest BCUT2D eigenvalue weighted by Gasteiger charge is 2.26. The van der Waals surface area contributed by atoms with Gasteiger partial charge in [0.05, 0.1) is 17.8 Å². The summed E-state index contributed by atoms with van der Waals surface area (Å²) in [5, 5.41) is 12.1. The summed E-state index contributed by atoms with van der Waals surface area (Å²) in [6.45, 7) is 0.724. The molecule has 2 N–H and O–H groups in total. The van der Waals surface area contributed by atoms with E-state index in [9.17, 15) is 14.7 Å². The summed E-state index contributed by atoms with van der Waals surface area (Å²) in [6, 6.07) is 18.9. The van der Waals surface area contributed by atoms with Gasteiger partial charge in [-0.05, 0) is 36.4 Å². The second-order valence-electron chi connectivity index (χ2n) is 6.20. The molecule has 0 saturated heterocycles. The molecular formula is C21H17N3O4. The number of aromatic nitrogens is 1. The predicted octanol–water partition coefficient (Wildman–Crippen LogP) is 3.88. The van der Waals surface area contributed by atoms with Crippen LogP contribution in [-0.4, -0.2) is 35.2 Å². The van der Waals surface area contributed by atoms with Crippen LogP contribution in [0.25, 0.3) is 11.3 Å². The molecule has 7 nitrogen and oxygen atoms in total. The van der Waals surface area contributed by atoms with Crippen molar-refractivity contribution < 1.29 is 19.4 Å². The van der Waals surface area contributed by atoms with Crippen LogP contribution in [0.15, 0.2) is 66.7 Å². The number of rotatable bonds is 3. The number of pyridine rings is 1. The number of aromatic carboxylic acids is 1. The number of amides is 2.